The van der Waals surface area contributed by atoms with Gasteiger partial charge in [0.2, 0.25) is 0 Å². The van der Waals surface area contributed by atoms with Gasteiger partial charge in [0.05, 0.1) is 13.7 Å². The maximum absolute atomic E-state index is 11.7. The molecule has 0 spiro atoms. The number of ether oxygens (including phenoxy) is 2. The molecule has 4 aromatic carbocycles. The third-order valence-electron chi connectivity index (χ3n) is 6.42. The van der Waals surface area contributed by atoms with Gasteiger partial charge >= 0.3 is 5.97 Å². The Morgan fingerprint density at radius 3 is 2.49 bits per heavy atom. The molecule has 37 heavy (non-hydrogen) atoms. The molecule has 5 nitrogen and oxygen atoms in total. The number of anilines is 1. The number of carbonyl (C=O) groups is 1. The number of hydrogen-bond donors (Lipinski definition) is 1. The van der Waals surface area contributed by atoms with E-state index in [1.165, 1.54) is 18.1 Å². The molecule has 4 aromatic rings. The van der Waals surface area contributed by atoms with Gasteiger partial charge in [-0.1, -0.05) is 61.5 Å². The van der Waals surface area contributed by atoms with Gasteiger partial charge < -0.3 is 20.1 Å². The quantitative estimate of drug-likeness (QED) is 0.199. The van der Waals surface area contributed by atoms with Crippen LogP contribution in [0, 0.1) is 0 Å². The lowest BCUT2D eigenvalue weighted by molar-refractivity contribution is -0.140. The molecule has 0 amide bonds. The molecule has 0 fully saturated rings. The van der Waals surface area contributed by atoms with E-state index >= 15 is 0 Å². The first-order valence-electron chi connectivity index (χ1n) is 12.5. The number of rotatable bonds is 10. The highest BCUT2D eigenvalue weighted by atomic mass is 32.1. The third kappa shape index (κ3) is 6.66. The maximum atomic E-state index is 11.7. The Labute approximate surface area is 223 Å². The van der Waals surface area contributed by atoms with E-state index in [1.54, 1.807) is 0 Å². The Balaban J connectivity index is 1.59. The number of hydrogen-bond acceptors (Lipinski definition) is 4. The Bertz CT molecular complexity index is 1400. The van der Waals surface area contributed by atoms with Crippen LogP contribution in [0.1, 0.15) is 24.5 Å². The number of benzene rings is 4. The topological polar surface area (TPSA) is 64.8 Å². The first-order valence-corrected chi connectivity index (χ1v) is 12.9. The van der Waals surface area contributed by atoms with Crippen molar-refractivity contribution in [3.8, 4) is 16.9 Å². The molecular formula is C31H32N2O3S. The minimum Gasteiger partial charge on any atom is -0.491 e. The Hall–Kier alpha value is -3.90. The average Bonchev–Trinajstić information content (AvgIpc) is 2.93. The van der Waals surface area contributed by atoms with Gasteiger partial charge in [-0.15, -0.1) is 0 Å². The number of fused-ring (bicyclic) bond motifs is 1. The van der Waals surface area contributed by atoms with Crippen LogP contribution in [0.4, 0.5) is 5.69 Å². The predicted octanol–water partition coefficient (Wildman–Crippen LogP) is 6.30. The number of aryl methyl sites for hydroxylation is 2. The van der Waals surface area contributed by atoms with Crippen LogP contribution >= 0.6 is 12.2 Å². The molecule has 0 unspecified atom stereocenters. The summed E-state index contributed by atoms with van der Waals surface area (Å²) < 4.78 is 11.1. The van der Waals surface area contributed by atoms with Crippen LogP contribution in [0.25, 0.3) is 21.9 Å². The van der Waals surface area contributed by atoms with Crippen molar-refractivity contribution in [2.75, 3.05) is 25.2 Å². The minimum absolute atomic E-state index is 0.224. The average molecular weight is 513 g/mol. The molecule has 0 bridgehead atoms. The summed E-state index contributed by atoms with van der Waals surface area (Å²) >= 11 is 5.34. The van der Waals surface area contributed by atoms with Crippen LogP contribution in [0.5, 0.6) is 5.75 Å². The minimum atomic E-state index is -0.224. The largest absolute Gasteiger partial charge is 0.491 e. The molecule has 0 radical (unpaired) electrons. The van der Waals surface area contributed by atoms with Crippen LogP contribution in [0.2, 0.25) is 0 Å². The Kier molecular flexibility index (Phi) is 8.75. The molecular weight excluding hydrogens is 480 g/mol. The fraction of sp³-hybridized carbons (Fsp3) is 0.226. The summed E-state index contributed by atoms with van der Waals surface area (Å²) in [5.41, 5.74) is 11.3. The molecule has 190 valence electrons. The summed E-state index contributed by atoms with van der Waals surface area (Å²) in [7, 11) is 1.41. The lowest BCUT2D eigenvalue weighted by atomic mass is 9.97. The summed E-state index contributed by atoms with van der Waals surface area (Å²) in [6.45, 7) is 3.04. The first kappa shape index (κ1) is 26.2. The second-order valence-electron chi connectivity index (χ2n) is 8.83. The van der Waals surface area contributed by atoms with Crippen molar-refractivity contribution in [2.45, 2.75) is 26.2 Å². The van der Waals surface area contributed by atoms with E-state index in [1.807, 2.05) is 41.3 Å². The third-order valence-corrected chi connectivity index (χ3v) is 6.64. The molecule has 4 rings (SSSR count). The summed E-state index contributed by atoms with van der Waals surface area (Å²) in [6, 6.07) is 29.0. The molecule has 0 atom stereocenters. The number of nitrogens with two attached hydrogens (primary N) is 1. The van der Waals surface area contributed by atoms with Gasteiger partial charge in [-0.2, -0.15) is 0 Å². The van der Waals surface area contributed by atoms with Crippen molar-refractivity contribution in [2.24, 2.45) is 5.73 Å². The van der Waals surface area contributed by atoms with Crippen LogP contribution in [0.15, 0.2) is 84.9 Å². The van der Waals surface area contributed by atoms with Gasteiger partial charge in [-0.25, -0.2) is 0 Å². The first-order chi connectivity index (χ1) is 18.0. The molecule has 0 aliphatic heterocycles. The summed E-state index contributed by atoms with van der Waals surface area (Å²) in [5, 5.41) is 2.64. The standard InChI is InChI=1S/C31H32N2O3S/c1-3-22-7-6-10-27(19-22)33(31(32)37)17-18-36-29-15-11-23(12-16-30(34)35-2)20-28(29)26-14-13-24-8-4-5-9-25(24)21-26/h4-11,13-15,19-21H,3,12,16-18H2,1-2H3,(H2,32,37). The highest BCUT2D eigenvalue weighted by molar-refractivity contribution is 7.80. The van der Waals surface area contributed by atoms with Gasteiger partial charge in [0.15, 0.2) is 5.11 Å². The normalized spacial score (nSPS) is 10.8. The molecule has 0 aromatic heterocycles. The number of methoxy groups -OCH3 is 1. The van der Waals surface area contributed by atoms with Crippen molar-refractivity contribution in [3.63, 3.8) is 0 Å². The van der Waals surface area contributed by atoms with Gasteiger partial charge in [-0.05, 0) is 82.9 Å². The fourth-order valence-electron chi connectivity index (χ4n) is 4.35. The lowest BCUT2D eigenvalue weighted by Crippen LogP contribution is -2.38. The number of nitrogens with zero attached hydrogens (tertiary/aromatic N) is 1. The van der Waals surface area contributed by atoms with E-state index < -0.39 is 0 Å². The summed E-state index contributed by atoms with van der Waals surface area (Å²) in [4.78, 5) is 13.6. The monoisotopic (exact) mass is 512 g/mol. The molecule has 0 saturated carbocycles. The van der Waals surface area contributed by atoms with Gasteiger partial charge in [-0.3, -0.25) is 4.79 Å². The van der Waals surface area contributed by atoms with E-state index in [4.69, 9.17) is 27.4 Å². The SMILES string of the molecule is CCc1cccc(N(CCOc2ccc(CCC(=O)OC)cc2-c2ccc3ccccc3c2)C(N)=S)c1. The highest BCUT2D eigenvalue weighted by Crippen LogP contribution is 2.33. The molecule has 0 saturated heterocycles. The smallest absolute Gasteiger partial charge is 0.305 e. The number of carbonyl (C=O) groups excluding carboxylic acids is 1. The van der Waals surface area contributed by atoms with E-state index in [-0.39, 0.29) is 5.97 Å². The molecule has 2 N–H and O–H groups in total. The Morgan fingerprint density at radius 2 is 1.73 bits per heavy atom. The van der Waals surface area contributed by atoms with Crippen molar-refractivity contribution in [1.29, 1.82) is 0 Å². The molecule has 6 heteroatoms. The van der Waals surface area contributed by atoms with Crippen LogP contribution in [0.3, 0.4) is 0 Å². The molecule has 0 aliphatic carbocycles. The van der Waals surface area contributed by atoms with E-state index in [9.17, 15) is 4.79 Å². The predicted molar refractivity (Wildman–Crippen MR) is 155 cm³/mol. The lowest BCUT2D eigenvalue weighted by Gasteiger charge is -2.24. The van der Waals surface area contributed by atoms with E-state index in [0.29, 0.717) is 31.1 Å². The molecule has 0 aliphatic rings. The van der Waals surface area contributed by atoms with Crippen molar-refractivity contribution in [3.05, 3.63) is 96.1 Å². The summed E-state index contributed by atoms with van der Waals surface area (Å²) in [5.74, 6) is 0.542. The van der Waals surface area contributed by atoms with Crippen molar-refractivity contribution >= 4 is 39.8 Å². The van der Waals surface area contributed by atoms with Crippen LogP contribution < -0.4 is 15.4 Å². The maximum Gasteiger partial charge on any atom is 0.305 e. The summed E-state index contributed by atoms with van der Waals surface area (Å²) in [6.07, 6.45) is 1.86. The molecule has 0 heterocycles. The number of esters is 1. The number of thiocarbonyl (C=S) groups is 1. The van der Waals surface area contributed by atoms with Crippen LogP contribution in [-0.4, -0.2) is 31.3 Å². The van der Waals surface area contributed by atoms with Crippen molar-refractivity contribution in [1.82, 2.24) is 0 Å². The fourth-order valence-corrected chi connectivity index (χ4v) is 4.54. The second kappa shape index (κ2) is 12.4. The van der Waals surface area contributed by atoms with Gasteiger partial charge in [0, 0.05) is 17.7 Å². The van der Waals surface area contributed by atoms with Crippen molar-refractivity contribution < 1.29 is 14.3 Å². The highest BCUT2D eigenvalue weighted by Gasteiger charge is 2.13. The zero-order valence-electron chi connectivity index (χ0n) is 21.3. The second-order valence-corrected chi connectivity index (χ2v) is 9.25. The zero-order valence-corrected chi connectivity index (χ0v) is 22.1. The Morgan fingerprint density at radius 1 is 0.919 bits per heavy atom. The van der Waals surface area contributed by atoms with E-state index in [2.05, 4.69) is 55.5 Å². The van der Waals surface area contributed by atoms with Gasteiger partial charge in [0.25, 0.3) is 0 Å². The zero-order chi connectivity index (χ0) is 26.2. The van der Waals surface area contributed by atoms with Gasteiger partial charge in [0.1, 0.15) is 12.4 Å². The van der Waals surface area contributed by atoms with Crippen LogP contribution in [-0.2, 0) is 22.4 Å². The van der Waals surface area contributed by atoms with E-state index in [0.717, 1.165) is 39.9 Å².